The Hall–Kier alpha value is -3.79. The van der Waals surface area contributed by atoms with Crippen LogP contribution >= 0.6 is 0 Å². The van der Waals surface area contributed by atoms with Crippen LogP contribution in [-0.2, 0) is 9.53 Å². The Balaban J connectivity index is 1.59. The van der Waals surface area contributed by atoms with Crippen molar-refractivity contribution < 1.29 is 33.3 Å². The normalized spacial score (nSPS) is 18.3. The molecule has 1 spiro atoms. The van der Waals surface area contributed by atoms with E-state index in [4.69, 9.17) is 18.9 Å². The van der Waals surface area contributed by atoms with Crippen LogP contribution in [0.2, 0.25) is 0 Å². The molecule has 1 N–H and O–H groups in total. The van der Waals surface area contributed by atoms with E-state index in [1.165, 1.54) is 14.2 Å². The molecule has 2 aromatic carbocycles. The highest BCUT2D eigenvalue weighted by Crippen LogP contribution is 2.40. The third-order valence-electron chi connectivity index (χ3n) is 7.14. The van der Waals surface area contributed by atoms with Crippen LogP contribution in [-0.4, -0.2) is 86.9 Å². The fourth-order valence-electron chi connectivity index (χ4n) is 5.08. The Kier molecular flexibility index (Phi) is 8.41. The maximum absolute atomic E-state index is 13.8. The first-order valence-electron chi connectivity index (χ1n) is 12.8. The lowest BCUT2D eigenvalue weighted by molar-refractivity contribution is -0.128. The summed E-state index contributed by atoms with van der Waals surface area (Å²) in [6.07, 6.45) is 1.49. The Morgan fingerprint density at radius 1 is 0.947 bits per heavy atom. The van der Waals surface area contributed by atoms with Gasteiger partial charge in [0.25, 0.3) is 11.8 Å². The standard InChI is InChI=1S/C28H35N3O7/c1-5-15-29-25(32)21-18-38-28(31(21)26(33)19-9-11-20(35-2)12-10-19)13-16-30(17-14-28)27(34)24-22(36-3)7-6-8-23(24)37-4/h6-12,21H,5,13-18H2,1-4H3,(H,29,32). The van der Waals surface area contributed by atoms with Crippen LogP contribution < -0.4 is 19.5 Å². The van der Waals surface area contributed by atoms with Crippen LogP contribution in [0.4, 0.5) is 0 Å². The van der Waals surface area contributed by atoms with Crippen molar-refractivity contribution in [1.82, 2.24) is 15.1 Å². The molecular weight excluding hydrogens is 490 g/mol. The van der Waals surface area contributed by atoms with Crippen LogP contribution in [0.1, 0.15) is 46.9 Å². The van der Waals surface area contributed by atoms with Gasteiger partial charge in [-0.05, 0) is 42.8 Å². The molecule has 0 saturated carbocycles. The first-order valence-corrected chi connectivity index (χ1v) is 12.8. The van der Waals surface area contributed by atoms with Gasteiger partial charge < -0.3 is 29.2 Å². The van der Waals surface area contributed by atoms with E-state index in [1.54, 1.807) is 59.4 Å². The summed E-state index contributed by atoms with van der Waals surface area (Å²) in [6.45, 7) is 3.23. The Labute approximate surface area is 222 Å². The van der Waals surface area contributed by atoms with E-state index < -0.39 is 11.8 Å². The number of carbonyl (C=O) groups is 3. The molecule has 3 amide bonds. The lowest BCUT2D eigenvalue weighted by Gasteiger charge is -2.44. The van der Waals surface area contributed by atoms with Crippen LogP contribution in [0.25, 0.3) is 0 Å². The van der Waals surface area contributed by atoms with Crippen LogP contribution in [0, 0.1) is 0 Å². The molecule has 4 rings (SSSR count). The van der Waals surface area contributed by atoms with Crippen molar-refractivity contribution in [1.29, 1.82) is 0 Å². The summed E-state index contributed by atoms with van der Waals surface area (Å²) >= 11 is 0. The van der Waals surface area contributed by atoms with Crippen molar-refractivity contribution in [2.24, 2.45) is 0 Å². The highest BCUT2D eigenvalue weighted by Gasteiger charge is 2.54. The molecule has 2 saturated heterocycles. The van der Waals surface area contributed by atoms with E-state index in [-0.39, 0.29) is 24.3 Å². The minimum atomic E-state index is -1.01. The number of nitrogens with zero attached hydrogens (tertiary/aromatic N) is 2. The minimum absolute atomic E-state index is 0.0890. The summed E-state index contributed by atoms with van der Waals surface area (Å²) in [5.41, 5.74) is -0.225. The molecule has 1 unspecified atom stereocenters. The number of benzene rings is 2. The quantitative estimate of drug-likeness (QED) is 0.565. The summed E-state index contributed by atoms with van der Waals surface area (Å²) in [5, 5.41) is 2.90. The number of methoxy groups -OCH3 is 3. The smallest absolute Gasteiger partial charge is 0.261 e. The zero-order valence-corrected chi connectivity index (χ0v) is 22.3. The summed E-state index contributed by atoms with van der Waals surface area (Å²) in [7, 11) is 4.58. The third kappa shape index (κ3) is 5.13. The molecule has 0 aliphatic carbocycles. The number of hydrogen-bond donors (Lipinski definition) is 1. The molecule has 2 aliphatic rings. The van der Waals surface area contributed by atoms with E-state index in [0.717, 1.165) is 6.42 Å². The first kappa shape index (κ1) is 27.3. The summed E-state index contributed by atoms with van der Waals surface area (Å²) in [4.78, 5) is 43.7. The average molecular weight is 526 g/mol. The van der Waals surface area contributed by atoms with Gasteiger partial charge in [-0.2, -0.15) is 0 Å². The van der Waals surface area contributed by atoms with Gasteiger partial charge >= 0.3 is 0 Å². The number of nitrogens with one attached hydrogen (secondary N) is 1. The summed E-state index contributed by atoms with van der Waals surface area (Å²) in [5.74, 6) is 0.712. The lowest BCUT2D eigenvalue weighted by atomic mass is 9.95. The largest absolute Gasteiger partial charge is 0.497 e. The van der Waals surface area contributed by atoms with Crippen molar-refractivity contribution in [2.45, 2.75) is 38.0 Å². The first-order chi connectivity index (χ1) is 18.4. The molecule has 38 heavy (non-hydrogen) atoms. The third-order valence-corrected chi connectivity index (χ3v) is 7.14. The second kappa shape index (κ2) is 11.7. The van der Waals surface area contributed by atoms with E-state index in [9.17, 15) is 14.4 Å². The number of rotatable bonds is 8. The molecule has 2 aromatic rings. The van der Waals surface area contributed by atoms with Gasteiger partial charge in [-0.1, -0.05) is 13.0 Å². The van der Waals surface area contributed by atoms with Crippen LogP contribution in [0.15, 0.2) is 42.5 Å². The van der Waals surface area contributed by atoms with Gasteiger partial charge in [0.05, 0.1) is 27.9 Å². The van der Waals surface area contributed by atoms with Crippen molar-refractivity contribution >= 4 is 17.7 Å². The molecule has 2 aliphatic heterocycles. The second-order valence-electron chi connectivity index (χ2n) is 9.30. The molecule has 204 valence electrons. The number of piperidine rings is 1. The van der Waals surface area contributed by atoms with E-state index >= 15 is 0 Å². The lowest BCUT2D eigenvalue weighted by Crippen LogP contribution is -2.59. The van der Waals surface area contributed by atoms with Gasteiger partial charge in [0.15, 0.2) is 0 Å². The van der Waals surface area contributed by atoms with Gasteiger partial charge in [0.1, 0.15) is 34.6 Å². The van der Waals surface area contributed by atoms with Crippen molar-refractivity contribution in [3.63, 3.8) is 0 Å². The molecule has 0 bridgehead atoms. The SMILES string of the molecule is CCCNC(=O)C1COC2(CCN(C(=O)c3c(OC)cccc3OC)CC2)N1C(=O)c1ccc(OC)cc1. The molecule has 2 heterocycles. The van der Waals surface area contributed by atoms with E-state index in [0.29, 0.717) is 60.9 Å². The van der Waals surface area contributed by atoms with E-state index in [2.05, 4.69) is 5.32 Å². The molecule has 1 atom stereocenters. The van der Waals surface area contributed by atoms with Crippen molar-refractivity contribution in [3.05, 3.63) is 53.6 Å². The number of ether oxygens (including phenoxy) is 4. The number of hydrogen-bond acceptors (Lipinski definition) is 7. The van der Waals surface area contributed by atoms with Gasteiger partial charge in [-0.3, -0.25) is 19.3 Å². The number of amides is 3. The maximum atomic E-state index is 13.8. The molecule has 10 nitrogen and oxygen atoms in total. The molecule has 0 radical (unpaired) electrons. The van der Waals surface area contributed by atoms with Gasteiger partial charge in [0.2, 0.25) is 5.91 Å². The van der Waals surface area contributed by atoms with Crippen LogP contribution in [0.3, 0.4) is 0 Å². The van der Waals surface area contributed by atoms with Crippen molar-refractivity contribution in [2.75, 3.05) is 47.6 Å². The van der Waals surface area contributed by atoms with E-state index in [1.807, 2.05) is 6.92 Å². The highest BCUT2D eigenvalue weighted by molar-refractivity contribution is 6.00. The summed E-state index contributed by atoms with van der Waals surface area (Å²) < 4.78 is 22.3. The molecule has 0 aromatic heterocycles. The second-order valence-corrected chi connectivity index (χ2v) is 9.30. The molecule has 2 fully saturated rings. The minimum Gasteiger partial charge on any atom is -0.497 e. The fraction of sp³-hybridized carbons (Fsp3) is 0.464. The van der Waals surface area contributed by atoms with Crippen LogP contribution in [0.5, 0.6) is 17.2 Å². The Morgan fingerprint density at radius 3 is 2.13 bits per heavy atom. The highest BCUT2D eigenvalue weighted by atomic mass is 16.5. The Morgan fingerprint density at radius 2 is 1.58 bits per heavy atom. The monoisotopic (exact) mass is 525 g/mol. The molecule has 10 heteroatoms. The average Bonchev–Trinajstić information content (AvgIpc) is 3.33. The Bertz CT molecular complexity index is 1140. The molecular formula is C28H35N3O7. The number of likely N-dealkylation sites (tertiary alicyclic amines) is 1. The zero-order chi connectivity index (χ0) is 27.3. The van der Waals surface area contributed by atoms with Gasteiger partial charge in [-0.15, -0.1) is 0 Å². The maximum Gasteiger partial charge on any atom is 0.261 e. The fourth-order valence-corrected chi connectivity index (χ4v) is 5.08. The van der Waals surface area contributed by atoms with Gasteiger partial charge in [-0.25, -0.2) is 0 Å². The topological polar surface area (TPSA) is 107 Å². The predicted molar refractivity (Wildman–Crippen MR) is 140 cm³/mol. The number of carbonyl (C=O) groups excluding carboxylic acids is 3. The summed E-state index contributed by atoms with van der Waals surface area (Å²) in [6, 6.07) is 11.2. The predicted octanol–water partition coefficient (Wildman–Crippen LogP) is 2.71. The van der Waals surface area contributed by atoms with Crippen molar-refractivity contribution in [3.8, 4) is 17.2 Å². The zero-order valence-electron chi connectivity index (χ0n) is 22.3. The van der Waals surface area contributed by atoms with Gasteiger partial charge in [0, 0.05) is 38.0 Å².